The molecule has 0 spiro atoms. The van der Waals surface area contributed by atoms with Crippen LogP contribution in [-0.2, 0) is 20.9 Å². The van der Waals surface area contributed by atoms with Crippen molar-refractivity contribution in [1.82, 2.24) is 14.5 Å². The molecule has 1 aromatic heterocycles. The van der Waals surface area contributed by atoms with Gasteiger partial charge in [0.1, 0.15) is 11.5 Å². The Morgan fingerprint density at radius 2 is 1.69 bits per heavy atom. The molecule has 35 heavy (non-hydrogen) atoms. The predicted molar refractivity (Wildman–Crippen MR) is 127 cm³/mol. The Morgan fingerprint density at radius 3 is 2.29 bits per heavy atom. The van der Waals surface area contributed by atoms with Gasteiger partial charge in [0.05, 0.1) is 37.7 Å². The molecule has 1 fully saturated rings. The molecule has 1 aliphatic rings. The number of esters is 1. The molecule has 2 heterocycles. The third-order valence-electron chi connectivity index (χ3n) is 5.93. The number of carbonyl (C=O) groups is 3. The van der Waals surface area contributed by atoms with Crippen molar-refractivity contribution >= 4 is 23.4 Å². The lowest BCUT2D eigenvalue weighted by Crippen LogP contribution is -2.31. The molecule has 0 unspecified atom stereocenters. The van der Waals surface area contributed by atoms with Gasteiger partial charge in [-0.1, -0.05) is 12.1 Å². The van der Waals surface area contributed by atoms with E-state index < -0.39 is 23.7 Å². The van der Waals surface area contributed by atoms with Crippen LogP contribution in [0.3, 0.4) is 0 Å². The Hall–Kier alpha value is -4.40. The van der Waals surface area contributed by atoms with Crippen LogP contribution in [0.5, 0.6) is 5.75 Å². The number of methoxy groups -OCH3 is 2. The summed E-state index contributed by atoms with van der Waals surface area (Å²) in [5.74, 6) is -1.62. The average Bonchev–Trinajstić information content (AvgIpc) is 3.50. The normalized spacial score (nSPS) is 17.0. The number of hydrogen-bond donors (Lipinski definition) is 1. The number of ether oxygens (including phenoxy) is 2. The third-order valence-corrected chi connectivity index (χ3v) is 5.93. The summed E-state index contributed by atoms with van der Waals surface area (Å²) in [5, 5.41) is 11.1. The molecule has 9 heteroatoms. The van der Waals surface area contributed by atoms with E-state index in [1.165, 1.54) is 19.1 Å². The number of hydrogen-bond acceptors (Lipinski definition) is 7. The second kappa shape index (κ2) is 10.3. The molecule has 180 valence electrons. The molecular weight excluding hydrogens is 450 g/mol. The minimum absolute atomic E-state index is 0.00591. The van der Waals surface area contributed by atoms with Gasteiger partial charge in [0, 0.05) is 31.0 Å². The number of aromatic nitrogens is 2. The van der Waals surface area contributed by atoms with E-state index in [0.29, 0.717) is 35.4 Å². The quantitative estimate of drug-likeness (QED) is 0.231. The molecule has 0 radical (unpaired) electrons. The summed E-state index contributed by atoms with van der Waals surface area (Å²) in [6, 6.07) is 12.2. The Morgan fingerprint density at radius 1 is 1.00 bits per heavy atom. The smallest absolute Gasteiger partial charge is 0.337 e. The van der Waals surface area contributed by atoms with Crippen molar-refractivity contribution in [3.63, 3.8) is 0 Å². The van der Waals surface area contributed by atoms with Gasteiger partial charge in [-0.25, -0.2) is 9.78 Å². The third kappa shape index (κ3) is 4.79. The van der Waals surface area contributed by atoms with Gasteiger partial charge in [0.25, 0.3) is 11.7 Å². The maximum absolute atomic E-state index is 13.1. The number of aryl methyl sites for hydroxylation is 1. The molecule has 1 saturated heterocycles. The highest BCUT2D eigenvalue weighted by molar-refractivity contribution is 6.46. The number of aliphatic hydroxyl groups is 1. The van der Waals surface area contributed by atoms with Gasteiger partial charge in [0.15, 0.2) is 0 Å². The SMILES string of the molecule is COC(=O)c1ccc([C@H]2C(=C(O)c3ccc(OC)cc3)C(=O)C(=O)N2CCCn2ccnc2)cc1. The van der Waals surface area contributed by atoms with Crippen LogP contribution in [0.1, 0.15) is 33.9 Å². The van der Waals surface area contributed by atoms with Crippen LogP contribution < -0.4 is 4.74 Å². The number of Topliss-reactive ketones (excluding diaryl/α,β-unsaturated/α-hetero) is 1. The number of rotatable bonds is 8. The first-order valence-electron chi connectivity index (χ1n) is 11.0. The molecule has 1 aliphatic heterocycles. The highest BCUT2D eigenvalue weighted by Crippen LogP contribution is 2.39. The standard InChI is InChI=1S/C26H25N3O6/c1-34-20-10-8-18(9-11-20)23(30)21-22(17-4-6-19(7-5-17)26(33)35-2)29(25(32)24(21)31)14-3-13-28-15-12-27-16-28/h4-12,15-16,22,30H,3,13-14H2,1-2H3/t22-/m0/s1. The Labute approximate surface area is 202 Å². The molecule has 0 aliphatic carbocycles. The lowest BCUT2D eigenvalue weighted by Gasteiger charge is -2.25. The fourth-order valence-corrected chi connectivity index (χ4v) is 4.12. The maximum Gasteiger partial charge on any atom is 0.337 e. The van der Waals surface area contributed by atoms with Crippen molar-refractivity contribution < 1.29 is 29.0 Å². The molecule has 3 aromatic rings. The van der Waals surface area contributed by atoms with Crippen LogP contribution in [0, 0.1) is 0 Å². The number of aliphatic hydroxyl groups excluding tert-OH is 1. The van der Waals surface area contributed by atoms with E-state index in [9.17, 15) is 19.5 Å². The summed E-state index contributed by atoms with van der Waals surface area (Å²) in [5.41, 5.74) is 1.31. The lowest BCUT2D eigenvalue weighted by molar-refractivity contribution is -0.139. The second-order valence-electron chi connectivity index (χ2n) is 7.99. The highest BCUT2D eigenvalue weighted by Gasteiger charge is 2.45. The first kappa shape index (κ1) is 23.7. The number of likely N-dealkylation sites (tertiary alicyclic amines) is 1. The van der Waals surface area contributed by atoms with E-state index in [2.05, 4.69) is 4.98 Å². The molecule has 9 nitrogen and oxygen atoms in total. The van der Waals surface area contributed by atoms with Gasteiger partial charge >= 0.3 is 5.97 Å². The van der Waals surface area contributed by atoms with Crippen molar-refractivity contribution in [3.05, 3.63) is 89.5 Å². The molecular formula is C26H25N3O6. The summed E-state index contributed by atoms with van der Waals surface area (Å²) in [7, 11) is 2.82. The van der Waals surface area contributed by atoms with Crippen LogP contribution in [0.4, 0.5) is 0 Å². The zero-order chi connectivity index (χ0) is 24.9. The van der Waals surface area contributed by atoms with Crippen LogP contribution >= 0.6 is 0 Å². The number of imidazole rings is 1. The largest absolute Gasteiger partial charge is 0.507 e. The molecule has 1 atom stereocenters. The van der Waals surface area contributed by atoms with Crippen molar-refractivity contribution in [2.45, 2.75) is 19.0 Å². The minimum Gasteiger partial charge on any atom is -0.507 e. The van der Waals surface area contributed by atoms with Crippen LogP contribution in [0.25, 0.3) is 5.76 Å². The van der Waals surface area contributed by atoms with Crippen molar-refractivity contribution in [1.29, 1.82) is 0 Å². The molecule has 1 amide bonds. The number of amides is 1. The van der Waals surface area contributed by atoms with Gasteiger partial charge in [0.2, 0.25) is 0 Å². The Kier molecular flexibility index (Phi) is 6.96. The monoisotopic (exact) mass is 475 g/mol. The van der Waals surface area contributed by atoms with Crippen LogP contribution in [0.2, 0.25) is 0 Å². The predicted octanol–water partition coefficient (Wildman–Crippen LogP) is 3.19. The summed E-state index contributed by atoms with van der Waals surface area (Å²) in [6.45, 7) is 0.890. The van der Waals surface area contributed by atoms with E-state index in [4.69, 9.17) is 9.47 Å². The molecule has 1 N–H and O–H groups in total. The van der Waals surface area contributed by atoms with Crippen molar-refractivity contribution in [2.24, 2.45) is 0 Å². The lowest BCUT2D eigenvalue weighted by atomic mass is 9.94. The number of carbonyl (C=O) groups excluding carboxylic acids is 3. The minimum atomic E-state index is -0.813. The van der Waals surface area contributed by atoms with Gasteiger partial charge in [-0.2, -0.15) is 0 Å². The maximum atomic E-state index is 13.1. The summed E-state index contributed by atoms with van der Waals surface area (Å²) >= 11 is 0. The highest BCUT2D eigenvalue weighted by atomic mass is 16.5. The Balaban J connectivity index is 1.73. The zero-order valence-corrected chi connectivity index (χ0v) is 19.4. The second-order valence-corrected chi connectivity index (χ2v) is 7.99. The van der Waals surface area contributed by atoms with Crippen molar-refractivity contribution in [3.8, 4) is 5.75 Å². The van der Waals surface area contributed by atoms with E-state index in [1.54, 1.807) is 61.1 Å². The van der Waals surface area contributed by atoms with Gasteiger partial charge < -0.3 is 24.0 Å². The summed E-state index contributed by atoms with van der Waals surface area (Å²) in [4.78, 5) is 43.5. The van der Waals surface area contributed by atoms with Crippen molar-refractivity contribution in [2.75, 3.05) is 20.8 Å². The fraction of sp³-hybridized carbons (Fsp3) is 0.231. The summed E-state index contributed by atoms with van der Waals surface area (Å²) < 4.78 is 11.8. The Bertz CT molecular complexity index is 1250. The fourth-order valence-electron chi connectivity index (χ4n) is 4.12. The van der Waals surface area contributed by atoms with Crippen LogP contribution in [-0.4, -0.2) is 58.0 Å². The number of benzene rings is 2. The van der Waals surface area contributed by atoms with E-state index in [1.807, 2.05) is 10.8 Å². The molecule has 2 aromatic carbocycles. The number of ketones is 1. The zero-order valence-electron chi connectivity index (χ0n) is 19.4. The van der Waals surface area contributed by atoms with Gasteiger partial charge in [-0.15, -0.1) is 0 Å². The average molecular weight is 476 g/mol. The number of nitrogens with zero attached hydrogens (tertiary/aromatic N) is 3. The molecule has 4 rings (SSSR count). The summed E-state index contributed by atoms with van der Waals surface area (Å²) in [6.07, 6.45) is 5.74. The van der Waals surface area contributed by atoms with Crippen LogP contribution in [0.15, 0.2) is 72.8 Å². The molecule has 0 bridgehead atoms. The topological polar surface area (TPSA) is 111 Å². The van der Waals surface area contributed by atoms with E-state index >= 15 is 0 Å². The van der Waals surface area contributed by atoms with E-state index in [0.717, 1.165) is 0 Å². The molecule has 0 saturated carbocycles. The first-order chi connectivity index (χ1) is 16.9. The van der Waals surface area contributed by atoms with Gasteiger partial charge in [-0.3, -0.25) is 9.59 Å². The van der Waals surface area contributed by atoms with E-state index in [-0.39, 0.29) is 17.9 Å². The first-order valence-corrected chi connectivity index (χ1v) is 11.0. The van der Waals surface area contributed by atoms with Gasteiger partial charge in [-0.05, 0) is 48.4 Å².